The lowest BCUT2D eigenvalue weighted by Crippen LogP contribution is -2.11. The highest BCUT2D eigenvalue weighted by molar-refractivity contribution is 7.99. The number of aryl methyl sites for hydroxylation is 2. The number of anilines is 1. The molecule has 1 aliphatic rings. The largest absolute Gasteiger partial charge is 0.372 e. The lowest BCUT2D eigenvalue weighted by Gasteiger charge is -2.07. The summed E-state index contributed by atoms with van der Waals surface area (Å²) in [5.74, 6) is -0.0231. The normalized spacial score (nSPS) is 10.9. The van der Waals surface area contributed by atoms with Crippen molar-refractivity contribution in [2.75, 3.05) is 5.32 Å². The number of carbonyl (C=O) groups is 2. The maximum absolute atomic E-state index is 12.1. The molecule has 7 nitrogen and oxygen atoms in total. The van der Waals surface area contributed by atoms with Gasteiger partial charge in [0.1, 0.15) is 10.7 Å². The van der Waals surface area contributed by atoms with Crippen molar-refractivity contribution in [2.45, 2.75) is 37.0 Å². The molecule has 4 aromatic rings. The summed E-state index contributed by atoms with van der Waals surface area (Å²) < 4.78 is 1.77. The summed E-state index contributed by atoms with van der Waals surface area (Å²) in [4.78, 5) is 27.0. The Bertz CT molecular complexity index is 1190. The second-order valence-corrected chi connectivity index (χ2v) is 8.56. The highest BCUT2D eigenvalue weighted by atomic mass is 32.2. The minimum atomic E-state index is -0.0231. The Morgan fingerprint density at radius 2 is 1.85 bits per heavy atom. The molecule has 0 unspecified atom stereocenters. The monoisotopic (exact) mass is 495 g/mol. The Labute approximate surface area is 208 Å². The van der Waals surface area contributed by atoms with Crippen LogP contribution in [0.4, 0.5) is 5.69 Å². The number of nitrogens with two attached hydrogens (primary N) is 1. The van der Waals surface area contributed by atoms with E-state index in [1.807, 2.05) is 62.8 Å². The first kappa shape index (κ1) is 26.8. The van der Waals surface area contributed by atoms with E-state index >= 15 is 0 Å². The number of primary amides is 1. The van der Waals surface area contributed by atoms with Gasteiger partial charge in [0.05, 0.1) is 11.3 Å². The number of aromatic nitrogens is 3. The zero-order chi connectivity index (χ0) is 24.9. The molecule has 2 amide bonds. The molecule has 0 bridgehead atoms. The maximum atomic E-state index is 12.1. The fraction of sp³-hybridized carbons (Fsp3) is 0.200. The maximum Gasteiger partial charge on any atom is 0.256 e. The van der Waals surface area contributed by atoms with Crippen molar-refractivity contribution < 1.29 is 9.59 Å². The minimum Gasteiger partial charge on any atom is -0.372 e. The molecule has 0 saturated carbocycles. The van der Waals surface area contributed by atoms with Gasteiger partial charge in [-0.15, -0.1) is 11.3 Å². The minimum absolute atomic E-state index is 0.0231. The van der Waals surface area contributed by atoms with Crippen LogP contribution in [0, 0.1) is 0 Å². The topological polar surface area (TPSA) is 103 Å². The molecule has 178 valence electrons. The van der Waals surface area contributed by atoms with Gasteiger partial charge in [0.25, 0.3) is 5.91 Å². The Kier molecular flexibility index (Phi) is 11.0. The average Bonchev–Trinajstić information content (AvgIpc) is 3.52. The lowest BCUT2D eigenvalue weighted by atomic mass is 10.1. The molecule has 5 rings (SSSR count). The summed E-state index contributed by atoms with van der Waals surface area (Å²) in [5, 5.41) is 10.1. The van der Waals surface area contributed by atoms with E-state index in [4.69, 9.17) is 4.79 Å². The third kappa shape index (κ3) is 7.29. The number of thiazole rings is 1. The molecule has 1 aliphatic heterocycles. The zero-order valence-corrected chi connectivity index (χ0v) is 21.3. The van der Waals surface area contributed by atoms with E-state index in [2.05, 4.69) is 46.3 Å². The molecule has 2 aromatic heterocycles. The number of benzene rings is 2. The van der Waals surface area contributed by atoms with Crippen LogP contribution in [0.15, 0.2) is 76.1 Å². The molecule has 34 heavy (non-hydrogen) atoms. The molecule has 0 aliphatic carbocycles. The van der Waals surface area contributed by atoms with E-state index in [0.29, 0.717) is 0 Å². The van der Waals surface area contributed by atoms with Crippen LogP contribution in [-0.4, -0.2) is 27.1 Å². The second-order valence-electron chi connectivity index (χ2n) is 6.58. The summed E-state index contributed by atoms with van der Waals surface area (Å²) in [7, 11) is 1.90. The van der Waals surface area contributed by atoms with Crippen LogP contribution in [-0.2, 0) is 18.3 Å². The molecule has 9 heteroatoms. The third-order valence-corrected chi connectivity index (χ3v) is 6.36. The van der Waals surface area contributed by atoms with Gasteiger partial charge < -0.3 is 11.1 Å². The average molecular weight is 496 g/mol. The predicted octanol–water partition coefficient (Wildman–Crippen LogP) is 5.64. The van der Waals surface area contributed by atoms with Crippen LogP contribution >= 0.6 is 23.1 Å². The fourth-order valence-corrected chi connectivity index (χ4v) is 4.53. The second kappa shape index (κ2) is 14.0. The van der Waals surface area contributed by atoms with Crippen molar-refractivity contribution in [1.29, 1.82) is 0 Å². The number of rotatable bonds is 2. The van der Waals surface area contributed by atoms with E-state index < -0.39 is 0 Å². The highest BCUT2D eigenvalue weighted by Gasteiger charge is 2.19. The number of hydrogen-bond donors (Lipinski definition) is 2. The number of hydrogen-bond acceptors (Lipinski definition) is 6. The van der Waals surface area contributed by atoms with Crippen molar-refractivity contribution in [3.05, 3.63) is 77.4 Å². The summed E-state index contributed by atoms with van der Waals surface area (Å²) in [6.07, 6.45) is 4.92. The van der Waals surface area contributed by atoms with Crippen LogP contribution < -0.4 is 11.1 Å². The summed E-state index contributed by atoms with van der Waals surface area (Å²) >= 11 is 3.25. The quantitative estimate of drug-likeness (QED) is 0.351. The summed E-state index contributed by atoms with van der Waals surface area (Å²) in [6.45, 7) is 6.11. The molecule has 0 fully saturated rings. The van der Waals surface area contributed by atoms with Gasteiger partial charge in [-0.1, -0.05) is 50.7 Å². The van der Waals surface area contributed by atoms with E-state index in [1.165, 1.54) is 5.56 Å². The third-order valence-electron chi connectivity index (χ3n) is 4.42. The molecule has 3 N–H and O–H groups in total. The van der Waals surface area contributed by atoms with Gasteiger partial charge >= 0.3 is 0 Å². The predicted molar refractivity (Wildman–Crippen MR) is 140 cm³/mol. The number of carbonyl (C=O) groups excluding carboxylic acids is 2. The molecule has 2 aromatic carbocycles. The van der Waals surface area contributed by atoms with Crippen LogP contribution in [0.1, 0.15) is 36.7 Å². The van der Waals surface area contributed by atoms with E-state index in [-0.39, 0.29) is 12.3 Å². The molecule has 3 heterocycles. The van der Waals surface area contributed by atoms with Gasteiger partial charge in [0, 0.05) is 34.6 Å². The van der Waals surface area contributed by atoms with Crippen LogP contribution in [0.25, 0.3) is 10.7 Å². The van der Waals surface area contributed by atoms with Crippen LogP contribution in [0.3, 0.4) is 0 Å². The van der Waals surface area contributed by atoms with Gasteiger partial charge in [0.15, 0.2) is 0 Å². The van der Waals surface area contributed by atoms with E-state index in [9.17, 15) is 4.79 Å². The van der Waals surface area contributed by atoms with Gasteiger partial charge in [-0.2, -0.15) is 5.10 Å². The molecule has 0 atom stereocenters. The SMILES string of the molecule is CC.CCc1ccc2c(c1)NC(=O)c1ccccc1S2.Cn1ccc(-c2nccs2)n1.NC=O. The number of nitrogens with zero attached hydrogens (tertiary/aromatic N) is 3. The summed E-state index contributed by atoms with van der Waals surface area (Å²) in [6, 6.07) is 15.9. The van der Waals surface area contributed by atoms with Crippen molar-refractivity contribution in [1.82, 2.24) is 14.8 Å². The molecule has 0 saturated heterocycles. The molecule has 0 radical (unpaired) electrons. The number of fused-ring (bicyclic) bond motifs is 2. The number of amides is 2. The van der Waals surface area contributed by atoms with Crippen molar-refractivity contribution >= 4 is 41.1 Å². The Morgan fingerprint density at radius 3 is 2.47 bits per heavy atom. The van der Waals surface area contributed by atoms with Gasteiger partial charge in [-0.05, 0) is 42.3 Å². The Balaban J connectivity index is 0.000000218. The van der Waals surface area contributed by atoms with Crippen molar-refractivity contribution in [2.24, 2.45) is 12.8 Å². The first-order valence-electron chi connectivity index (χ1n) is 10.8. The van der Waals surface area contributed by atoms with E-state index in [0.717, 1.165) is 38.2 Å². The van der Waals surface area contributed by atoms with Gasteiger partial charge in [-0.3, -0.25) is 14.3 Å². The smallest absolute Gasteiger partial charge is 0.256 e. The molecular weight excluding hydrogens is 466 g/mol. The van der Waals surface area contributed by atoms with Crippen molar-refractivity contribution in [3.63, 3.8) is 0 Å². The van der Waals surface area contributed by atoms with Gasteiger partial charge in [-0.25, -0.2) is 4.98 Å². The van der Waals surface area contributed by atoms with Crippen LogP contribution in [0.2, 0.25) is 0 Å². The lowest BCUT2D eigenvalue weighted by molar-refractivity contribution is -0.106. The Morgan fingerprint density at radius 1 is 1.12 bits per heavy atom. The number of nitrogens with one attached hydrogen (secondary N) is 1. The molecule has 0 spiro atoms. The highest BCUT2D eigenvalue weighted by Crippen LogP contribution is 2.38. The van der Waals surface area contributed by atoms with Crippen LogP contribution in [0.5, 0.6) is 0 Å². The molecular formula is C25H29N5O2S2. The van der Waals surface area contributed by atoms with Crippen molar-refractivity contribution in [3.8, 4) is 10.7 Å². The fourth-order valence-electron chi connectivity index (χ4n) is 2.91. The van der Waals surface area contributed by atoms with E-state index in [1.54, 1.807) is 34.0 Å². The van der Waals surface area contributed by atoms with Gasteiger partial charge in [0.2, 0.25) is 6.41 Å². The first-order chi connectivity index (χ1) is 16.5. The Hall–Kier alpha value is -3.43. The first-order valence-corrected chi connectivity index (χ1v) is 12.5. The zero-order valence-electron chi connectivity index (χ0n) is 19.7. The standard InChI is InChI=1S/C15H13NOS.C7H7N3S.C2H6.CH3NO/c1-2-10-7-8-14-12(9-10)16-15(17)11-5-3-4-6-13(11)18-14;1-10-4-2-6(9-10)7-8-3-5-11-7;1-2;2-1-3/h3-9H,2H2,1H3,(H,16,17);2-5H,1H3;1-2H3;1H,(H2,2,3). The summed E-state index contributed by atoms with van der Waals surface area (Å²) in [5.41, 5.74) is 8.01.